The van der Waals surface area contributed by atoms with E-state index in [1.54, 1.807) is 12.1 Å². The van der Waals surface area contributed by atoms with Gasteiger partial charge in [0.05, 0.1) is 6.20 Å². The third-order valence-corrected chi connectivity index (χ3v) is 2.82. The Morgan fingerprint density at radius 1 is 1.26 bits per heavy atom. The molecule has 98 valence electrons. The topological polar surface area (TPSA) is 68.0 Å². The largest absolute Gasteiger partial charge is 0.399 e. The zero-order chi connectivity index (χ0) is 14.0. The molecule has 0 aliphatic carbocycles. The standard InChI is InChI=1S/C14H14FN3O/c1-8-6-13(9(2)5-11(8)16)18-14(19)12-4-3-10(15)7-17-12/h3-7H,16H2,1-2H3,(H,18,19). The van der Waals surface area contributed by atoms with Crippen molar-refractivity contribution < 1.29 is 9.18 Å². The second-order valence-electron chi connectivity index (χ2n) is 4.34. The van der Waals surface area contributed by atoms with Crippen molar-refractivity contribution in [2.24, 2.45) is 0 Å². The number of benzene rings is 1. The molecular weight excluding hydrogens is 245 g/mol. The molecule has 2 aromatic rings. The van der Waals surface area contributed by atoms with Crippen molar-refractivity contribution in [1.29, 1.82) is 0 Å². The Balaban J connectivity index is 2.24. The van der Waals surface area contributed by atoms with Crippen LogP contribution in [0.15, 0.2) is 30.5 Å². The molecule has 5 heteroatoms. The van der Waals surface area contributed by atoms with Crippen LogP contribution in [0, 0.1) is 19.7 Å². The lowest BCUT2D eigenvalue weighted by atomic mass is 10.1. The van der Waals surface area contributed by atoms with Crippen LogP contribution in [-0.2, 0) is 0 Å². The van der Waals surface area contributed by atoms with E-state index in [0.29, 0.717) is 11.4 Å². The van der Waals surface area contributed by atoms with E-state index in [-0.39, 0.29) is 11.6 Å². The lowest BCUT2D eigenvalue weighted by Crippen LogP contribution is -2.14. The fraction of sp³-hybridized carbons (Fsp3) is 0.143. The number of nitrogens with one attached hydrogen (secondary N) is 1. The molecule has 0 fully saturated rings. The van der Waals surface area contributed by atoms with Crippen LogP contribution in [0.2, 0.25) is 0 Å². The summed E-state index contributed by atoms with van der Waals surface area (Å²) in [5, 5.41) is 2.73. The van der Waals surface area contributed by atoms with E-state index in [9.17, 15) is 9.18 Å². The van der Waals surface area contributed by atoms with E-state index >= 15 is 0 Å². The van der Waals surface area contributed by atoms with E-state index in [2.05, 4.69) is 10.3 Å². The molecule has 0 spiro atoms. The Kier molecular flexibility index (Phi) is 3.46. The van der Waals surface area contributed by atoms with E-state index in [1.165, 1.54) is 12.1 Å². The molecule has 3 N–H and O–H groups in total. The van der Waals surface area contributed by atoms with Gasteiger partial charge in [-0.25, -0.2) is 9.37 Å². The first-order valence-electron chi connectivity index (χ1n) is 5.77. The number of halogens is 1. The van der Waals surface area contributed by atoms with Crippen LogP contribution in [0.5, 0.6) is 0 Å². The van der Waals surface area contributed by atoms with Gasteiger partial charge in [-0.1, -0.05) is 0 Å². The van der Waals surface area contributed by atoms with Crippen LogP contribution in [-0.4, -0.2) is 10.9 Å². The van der Waals surface area contributed by atoms with Gasteiger partial charge in [-0.05, 0) is 49.2 Å². The molecule has 1 heterocycles. The summed E-state index contributed by atoms with van der Waals surface area (Å²) in [4.78, 5) is 15.7. The molecule has 0 unspecified atom stereocenters. The summed E-state index contributed by atoms with van der Waals surface area (Å²) in [5.74, 6) is -0.858. The summed E-state index contributed by atoms with van der Waals surface area (Å²) < 4.78 is 12.7. The number of aryl methyl sites for hydroxylation is 2. The van der Waals surface area contributed by atoms with Gasteiger partial charge in [-0.3, -0.25) is 4.79 Å². The van der Waals surface area contributed by atoms with E-state index in [4.69, 9.17) is 5.73 Å². The third-order valence-electron chi connectivity index (χ3n) is 2.82. The fourth-order valence-corrected chi connectivity index (χ4v) is 1.67. The maximum Gasteiger partial charge on any atom is 0.274 e. The van der Waals surface area contributed by atoms with Crippen molar-refractivity contribution in [3.05, 3.63) is 53.1 Å². The van der Waals surface area contributed by atoms with Crippen molar-refractivity contribution in [2.75, 3.05) is 11.1 Å². The molecule has 4 nitrogen and oxygen atoms in total. The number of aromatic nitrogens is 1. The smallest absolute Gasteiger partial charge is 0.274 e. The second kappa shape index (κ2) is 5.06. The average molecular weight is 259 g/mol. The Morgan fingerprint density at radius 2 is 2.00 bits per heavy atom. The molecular formula is C14H14FN3O. The monoisotopic (exact) mass is 259 g/mol. The van der Waals surface area contributed by atoms with E-state index in [1.807, 2.05) is 13.8 Å². The predicted octanol–water partition coefficient (Wildman–Crippen LogP) is 2.67. The number of carbonyl (C=O) groups is 1. The molecule has 2 rings (SSSR count). The van der Waals surface area contributed by atoms with Crippen LogP contribution in [0.3, 0.4) is 0 Å². The molecule has 0 radical (unpaired) electrons. The number of nitrogens with two attached hydrogens (primary N) is 1. The Morgan fingerprint density at radius 3 is 2.63 bits per heavy atom. The zero-order valence-electron chi connectivity index (χ0n) is 10.7. The van der Waals surface area contributed by atoms with Crippen molar-refractivity contribution in [2.45, 2.75) is 13.8 Å². The Labute approximate surface area is 110 Å². The highest BCUT2D eigenvalue weighted by molar-refractivity contribution is 6.03. The first kappa shape index (κ1) is 13.0. The second-order valence-corrected chi connectivity index (χ2v) is 4.34. The molecule has 1 aromatic carbocycles. The first-order chi connectivity index (χ1) is 8.97. The molecule has 0 aliphatic rings. The summed E-state index contributed by atoms with van der Waals surface area (Å²) in [7, 11) is 0. The van der Waals surface area contributed by atoms with Gasteiger partial charge >= 0.3 is 0 Å². The highest BCUT2D eigenvalue weighted by Crippen LogP contribution is 2.22. The van der Waals surface area contributed by atoms with Crippen LogP contribution in [0.4, 0.5) is 15.8 Å². The summed E-state index contributed by atoms with van der Waals surface area (Å²) in [6.07, 6.45) is 1.01. The number of hydrogen-bond donors (Lipinski definition) is 2. The van der Waals surface area contributed by atoms with E-state index < -0.39 is 5.82 Å². The van der Waals surface area contributed by atoms with Crippen molar-refractivity contribution in [3.8, 4) is 0 Å². The first-order valence-corrected chi connectivity index (χ1v) is 5.77. The summed E-state index contributed by atoms with van der Waals surface area (Å²) >= 11 is 0. The number of nitrogens with zero attached hydrogens (tertiary/aromatic N) is 1. The number of hydrogen-bond acceptors (Lipinski definition) is 3. The lowest BCUT2D eigenvalue weighted by Gasteiger charge is -2.10. The van der Waals surface area contributed by atoms with Crippen LogP contribution in [0.25, 0.3) is 0 Å². The fourth-order valence-electron chi connectivity index (χ4n) is 1.67. The normalized spacial score (nSPS) is 10.3. The number of anilines is 2. The summed E-state index contributed by atoms with van der Waals surface area (Å²) in [5.41, 5.74) is 9.03. The average Bonchev–Trinajstić information content (AvgIpc) is 2.36. The van der Waals surface area contributed by atoms with Gasteiger partial charge in [0.25, 0.3) is 5.91 Å². The van der Waals surface area contributed by atoms with Gasteiger partial charge in [-0.15, -0.1) is 0 Å². The predicted molar refractivity (Wildman–Crippen MR) is 72.5 cm³/mol. The number of carbonyl (C=O) groups excluding carboxylic acids is 1. The molecule has 0 saturated heterocycles. The molecule has 1 aromatic heterocycles. The minimum Gasteiger partial charge on any atom is -0.399 e. The van der Waals surface area contributed by atoms with Gasteiger partial charge in [0.2, 0.25) is 0 Å². The number of rotatable bonds is 2. The van der Waals surface area contributed by atoms with Gasteiger partial charge < -0.3 is 11.1 Å². The molecule has 0 bridgehead atoms. The third kappa shape index (κ3) is 2.88. The lowest BCUT2D eigenvalue weighted by molar-refractivity contribution is 0.102. The van der Waals surface area contributed by atoms with Gasteiger partial charge in [0.1, 0.15) is 11.5 Å². The van der Waals surface area contributed by atoms with Crippen LogP contribution >= 0.6 is 0 Å². The minimum atomic E-state index is -0.476. The van der Waals surface area contributed by atoms with Gasteiger partial charge in [0, 0.05) is 11.4 Å². The number of pyridine rings is 1. The van der Waals surface area contributed by atoms with Gasteiger partial charge in [-0.2, -0.15) is 0 Å². The maximum atomic E-state index is 12.7. The minimum absolute atomic E-state index is 0.162. The quantitative estimate of drug-likeness (QED) is 0.815. The maximum absolute atomic E-state index is 12.7. The molecule has 1 amide bonds. The Hall–Kier alpha value is -2.43. The molecule has 0 saturated carbocycles. The van der Waals surface area contributed by atoms with Gasteiger partial charge in [0.15, 0.2) is 0 Å². The van der Waals surface area contributed by atoms with Crippen molar-refractivity contribution in [3.63, 3.8) is 0 Å². The van der Waals surface area contributed by atoms with Crippen LogP contribution < -0.4 is 11.1 Å². The SMILES string of the molecule is Cc1cc(NC(=O)c2ccc(F)cn2)c(C)cc1N. The zero-order valence-corrected chi connectivity index (χ0v) is 10.7. The highest BCUT2D eigenvalue weighted by atomic mass is 19.1. The van der Waals surface area contributed by atoms with Crippen molar-refractivity contribution >= 4 is 17.3 Å². The number of nitrogen functional groups attached to an aromatic ring is 1. The molecule has 0 aliphatic heterocycles. The number of amides is 1. The molecule has 19 heavy (non-hydrogen) atoms. The van der Waals surface area contributed by atoms with E-state index in [0.717, 1.165) is 17.3 Å². The Bertz CT molecular complexity index is 623. The summed E-state index contributed by atoms with van der Waals surface area (Å²) in [6, 6.07) is 6.13. The van der Waals surface area contributed by atoms with Crippen molar-refractivity contribution in [1.82, 2.24) is 4.98 Å². The molecule has 0 atom stereocenters. The highest BCUT2D eigenvalue weighted by Gasteiger charge is 2.10. The van der Waals surface area contributed by atoms with Crippen LogP contribution in [0.1, 0.15) is 21.6 Å². The summed E-state index contributed by atoms with van der Waals surface area (Å²) in [6.45, 7) is 3.71.